The van der Waals surface area contributed by atoms with E-state index in [-0.39, 0.29) is 18.1 Å². The topological polar surface area (TPSA) is 67.9 Å². The van der Waals surface area contributed by atoms with Crippen molar-refractivity contribution in [3.05, 3.63) is 35.4 Å². The van der Waals surface area contributed by atoms with E-state index in [1.54, 1.807) is 12.1 Å². The number of nitrogens with zero attached hydrogens (tertiary/aromatic N) is 1. The van der Waals surface area contributed by atoms with Crippen LogP contribution in [0.5, 0.6) is 0 Å². The quantitative estimate of drug-likeness (QED) is 0.815. The number of hydrogen-bond acceptors (Lipinski definition) is 5. The summed E-state index contributed by atoms with van der Waals surface area (Å²) >= 11 is 0. The molecule has 1 heterocycles. The van der Waals surface area contributed by atoms with Gasteiger partial charge in [0.05, 0.1) is 12.7 Å². The van der Waals surface area contributed by atoms with Crippen LogP contribution in [0, 0.1) is 5.92 Å². The highest BCUT2D eigenvalue weighted by Gasteiger charge is 2.29. The molecule has 1 amide bonds. The maximum Gasteiger partial charge on any atom is 0.407 e. The molecule has 1 aliphatic rings. The standard InChI is InChI=1S/C20H30N2O4/c1-14(21-19(24)26-20(2,3)4)17-10-11-22(13-17)12-15-6-8-16(9-7-15)18(23)25-5/h6-9,14,17H,10-13H2,1-5H3,(H,21,24)/t14-,17-/m1/s1. The average Bonchev–Trinajstić information content (AvgIpc) is 3.01. The summed E-state index contributed by atoms with van der Waals surface area (Å²) in [5.41, 5.74) is 1.23. The Hall–Kier alpha value is -2.08. The number of benzene rings is 1. The van der Waals surface area contributed by atoms with Crippen molar-refractivity contribution < 1.29 is 19.1 Å². The molecule has 0 bridgehead atoms. The van der Waals surface area contributed by atoms with Crippen LogP contribution in [-0.2, 0) is 16.0 Å². The molecule has 2 atom stereocenters. The third-order valence-electron chi connectivity index (χ3n) is 4.54. The van der Waals surface area contributed by atoms with Crippen molar-refractivity contribution in [2.45, 2.75) is 52.3 Å². The van der Waals surface area contributed by atoms with Gasteiger partial charge in [0.1, 0.15) is 5.60 Å². The molecule has 1 fully saturated rings. The summed E-state index contributed by atoms with van der Waals surface area (Å²) in [7, 11) is 1.38. The molecule has 1 N–H and O–H groups in total. The molecule has 2 rings (SSSR count). The van der Waals surface area contributed by atoms with Gasteiger partial charge in [-0.25, -0.2) is 9.59 Å². The molecule has 1 saturated heterocycles. The number of hydrogen-bond donors (Lipinski definition) is 1. The molecule has 0 saturated carbocycles. The summed E-state index contributed by atoms with van der Waals surface area (Å²) in [4.78, 5) is 25.8. The number of methoxy groups -OCH3 is 1. The molecule has 6 nitrogen and oxygen atoms in total. The first-order valence-electron chi connectivity index (χ1n) is 9.07. The van der Waals surface area contributed by atoms with E-state index in [1.165, 1.54) is 7.11 Å². The lowest BCUT2D eigenvalue weighted by atomic mass is 10.0. The maximum absolute atomic E-state index is 11.9. The van der Waals surface area contributed by atoms with Gasteiger partial charge in [0.15, 0.2) is 0 Å². The molecule has 0 radical (unpaired) electrons. The summed E-state index contributed by atoms with van der Waals surface area (Å²) in [6, 6.07) is 7.57. The van der Waals surface area contributed by atoms with E-state index >= 15 is 0 Å². The van der Waals surface area contributed by atoms with Crippen LogP contribution >= 0.6 is 0 Å². The normalized spacial score (nSPS) is 19.0. The van der Waals surface area contributed by atoms with Gasteiger partial charge in [-0.2, -0.15) is 0 Å². The molecule has 144 valence electrons. The van der Waals surface area contributed by atoms with Crippen LogP contribution in [0.25, 0.3) is 0 Å². The first kappa shape index (κ1) is 20.2. The van der Waals surface area contributed by atoms with Crippen LogP contribution in [0.4, 0.5) is 4.79 Å². The minimum atomic E-state index is -0.484. The second-order valence-corrected chi connectivity index (χ2v) is 7.91. The maximum atomic E-state index is 11.9. The lowest BCUT2D eigenvalue weighted by Gasteiger charge is -2.25. The van der Waals surface area contributed by atoms with Gasteiger partial charge in [0.25, 0.3) is 0 Å². The van der Waals surface area contributed by atoms with Crippen molar-refractivity contribution in [3.63, 3.8) is 0 Å². The number of likely N-dealkylation sites (tertiary alicyclic amines) is 1. The van der Waals surface area contributed by atoms with Gasteiger partial charge < -0.3 is 14.8 Å². The molecule has 0 spiro atoms. The molecule has 1 aromatic carbocycles. The van der Waals surface area contributed by atoms with Crippen molar-refractivity contribution >= 4 is 12.1 Å². The van der Waals surface area contributed by atoms with E-state index in [0.717, 1.165) is 31.6 Å². The molecule has 0 unspecified atom stereocenters. The zero-order valence-corrected chi connectivity index (χ0v) is 16.4. The average molecular weight is 362 g/mol. The summed E-state index contributed by atoms with van der Waals surface area (Å²) in [6.07, 6.45) is 0.679. The highest BCUT2D eigenvalue weighted by atomic mass is 16.6. The molecular formula is C20H30N2O4. The highest BCUT2D eigenvalue weighted by Crippen LogP contribution is 2.22. The number of esters is 1. The number of nitrogens with one attached hydrogen (secondary N) is 1. The van der Waals surface area contributed by atoms with E-state index in [9.17, 15) is 9.59 Å². The van der Waals surface area contributed by atoms with Crippen LogP contribution in [0.3, 0.4) is 0 Å². The SMILES string of the molecule is COC(=O)c1ccc(CN2CC[C@@H]([C@@H](C)NC(=O)OC(C)(C)C)C2)cc1. The fourth-order valence-corrected chi connectivity index (χ4v) is 3.15. The lowest BCUT2D eigenvalue weighted by Crippen LogP contribution is -2.42. The van der Waals surface area contributed by atoms with Gasteiger partial charge in [-0.15, -0.1) is 0 Å². The van der Waals surface area contributed by atoms with Crippen molar-refractivity contribution in [2.24, 2.45) is 5.92 Å². The summed E-state index contributed by atoms with van der Waals surface area (Å²) in [6.45, 7) is 10.4. The molecular weight excluding hydrogens is 332 g/mol. The van der Waals surface area contributed by atoms with Crippen molar-refractivity contribution in [2.75, 3.05) is 20.2 Å². The van der Waals surface area contributed by atoms with Gasteiger partial charge in [-0.3, -0.25) is 4.90 Å². The zero-order valence-electron chi connectivity index (χ0n) is 16.4. The van der Waals surface area contributed by atoms with Crippen LogP contribution in [-0.4, -0.2) is 48.8 Å². The van der Waals surface area contributed by atoms with E-state index in [0.29, 0.717) is 11.5 Å². The number of amides is 1. The number of rotatable bonds is 5. The van der Waals surface area contributed by atoms with Gasteiger partial charge in [0.2, 0.25) is 0 Å². The third-order valence-corrected chi connectivity index (χ3v) is 4.54. The van der Waals surface area contributed by atoms with Gasteiger partial charge in [0, 0.05) is 19.1 Å². The van der Waals surface area contributed by atoms with Crippen LogP contribution in [0.15, 0.2) is 24.3 Å². The van der Waals surface area contributed by atoms with Crippen LogP contribution < -0.4 is 5.32 Å². The Balaban J connectivity index is 1.82. The monoisotopic (exact) mass is 362 g/mol. The Morgan fingerprint density at radius 1 is 1.27 bits per heavy atom. The van der Waals surface area contributed by atoms with Crippen LogP contribution in [0.2, 0.25) is 0 Å². The number of alkyl carbamates (subject to hydrolysis) is 1. The van der Waals surface area contributed by atoms with Gasteiger partial charge >= 0.3 is 12.1 Å². The summed E-state index contributed by atoms with van der Waals surface area (Å²) in [5, 5.41) is 2.95. The summed E-state index contributed by atoms with van der Waals surface area (Å²) < 4.78 is 10.0. The Bertz CT molecular complexity index is 622. The lowest BCUT2D eigenvalue weighted by molar-refractivity contribution is 0.0491. The Morgan fingerprint density at radius 3 is 2.50 bits per heavy atom. The van der Waals surface area contributed by atoms with Crippen molar-refractivity contribution in [3.8, 4) is 0 Å². The molecule has 0 aliphatic carbocycles. The second kappa shape index (κ2) is 8.54. The van der Waals surface area contributed by atoms with Crippen molar-refractivity contribution in [1.29, 1.82) is 0 Å². The predicted molar refractivity (Wildman–Crippen MR) is 100.0 cm³/mol. The van der Waals surface area contributed by atoms with Crippen LogP contribution in [0.1, 0.15) is 50.0 Å². The summed E-state index contributed by atoms with van der Waals surface area (Å²) in [5.74, 6) is 0.0803. The molecule has 0 aromatic heterocycles. The number of ether oxygens (including phenoxy) is 2. The van der Waals surface area contributed by atoms with E-state index < -0.39 is 5.60 Å². The fourth-order valence-electron chi connectivity index (χ4n) is 3.15. The van der Waals surface area contributed by atoms with Gasteiger partial charge in [-0.05, 0) is 64.3 Å². The largest absolute Gasteiger partial charge is 0.465 e. The predicted octanol–water partition coefficient (Wildman–Crippen LogP) is 3.21. The smallest absolute Gasteiger partial charge is 0.407 e. The first-order chi connectivity index (χ1) is 12.2. The fraction of sp³-hybridized carbons (Fsp3) is 0.600. The van der Waals surface area contributed by atoms with E-state index in [1.807, 2.05) is 39.8 Å². The van der Waals surface area contributed by atoms with Gasteiger partial charge in [-0.1, -0.05) is 12.1 Å². The van der Waals surface area contributed by atoms with E-state index in [4.69, 9.17) is 9.47 Å². The zero-order chi connectivity index (χ0) is 19.3. The third kappa shape index (κ3) is 6.02. The number of carbonyl (C=O) groups is 2. The van der Waals surface area contributed by atoms with E-state index in [2.05, 4.69) is 10.2 Å². The first-order valence-corrected chi connectivity index (χ1v) is 9.07. The molecule has 6 heteroatoms. The second-order valence-electron chi connectivity index (χ2n) is 7.91. The molecule has 1 aliphatic heterocycles. The minimum Gasteiger partial charge on any atom is -0.465 e. The Morgan fingerprint density at radius 2 is 1.92 bits per heavy atom. The Labute approximate surface area is 155 Å². The molecule has 26 heavy (non-hydrogen) atoms. The minimum absolute atomic E-state index is 0.0663. The Kier molecular flexibility index (Phi) is 6.64. The highest BCUT2D eigenvalue weighted by molar-refractivity contribution is 5.89. The number of carbonyl (C=O) groups excluding carboxylic acids is 2. The molecule has 1 aromatic rings. The van der Waals surface area contributed by atoms with Crippen molar-refractivity contribution in [1.82, 2.24) is 10.2 Å².